The van der Waals surface area contributed by atoms with Crippen LogP contribution in [0, 0.1) is 28.6 Å². The number of hydrogen-bond donors (Lipinski definition) is 0. The Labute approximate surface area is 134 Å². The first-order chi connectivity index (χ1) is 10.6. The first-order valence-corrected chi connectivity index (χ1v) is 9.53. The first-order valence-electron chi connectivity index (χ1n) is 9.53. The van der Waals surface area contributed by atoms with Crippen LogP contribution in [0.3, 0.4) is 0 Å². The molecule has 1 heterocycles. The van der Waals surface area contributed by atoms with E-state index in [1.54, 1.807) is 5.57 Å². The van der Waals surface area contributed by atoms with E-state index in [2.05, 4.69) is 13.5 Å². The third-order valence-electron chi connectivity index (χ3n) is 8.73. The summed E-state index contributed by atoms with van der Waals surface area (Å²) >= 11 is 0. The van der Waals surface area contributed by atoms with Gasteiger partial charge in [-0.3, -0.25) is 0 Å². The summed E-state index contributed by atoms with van der Waals surface area (Å²) in [5, 5.41) is 0. The van der Waals surface area contributed by atoms with Crippen molar-refractivity contribution in [1.82, 2.24) is 0 Å². The van der Waals surface area contributed by atoms with Crippen LogP contribution >= 0.6 is 0 Å². The summed E-state index contributed by atoms with van der Waals surface area (Å²) in [6.45, 7) is 8.64. The molecule has 22 heavy (non-hydrogen) atoms. The Bertz CT molecular complexity index is 506. The molecule has 2 nitrogen and oxygen atoms in total. The van der Waals surface area contributed by atoms with Gasteiger partial charge in [0, 0.05) is 12.8 Å². The van der Waals surface area contributed by atoms with Gasteiger partial charge >= 0.3 is 0 Å². The van der Waals surface area contributed by atoms with Crippen molar-refractivity contribution in [3.05, 3.63) is 12.2 Å². The summed E-state index contributed by atoms with van der Waals surface area (Å²) in [6, 6.07) is 0. The van der Waals surface area contributed by atoms with E-state index >= 15 is 0 Å². The topological polar surface area (TPSA) is 18.5 Å². The molecule has 122 valence electrons. The van der Waals surface area contributed by atoms with Crippen molar-refractivity contribution < 1.29 is 9.47 Å². The average Bonchev–Trinajstić information content (AvgIpc) is 3.09. The monoisotopic (exact) mass is 302 g/mol. The van der Waals surface area contributed by atoms with E-state index in [-0.39, 0.29) is 5.79 Å². The van der Waals surface area contributed by atoms with Crippen molar-refractivity contribution >= 4 is 0 Å². The maximum Gasteiger partial charge on any atom is 0.168 e. The average molecular weight is 302 g/mol. The fraction of sp³-hybridized carbons (Fsp3) is 0.900. The van der Waals surface area contributed by atoms with E-state index in [0.29, 0.717) is 10.8 Å². The molecule has 0 aromatic carbocycles. The molecule has 0 N–H and O–H groups in total. The van der Waals surface area contributed by atoms with Crippen molar-refractivity contribution in [3.8, 4) is 0 Å². The summed E-state index contributed by atoms with van der Waals surface area (Å²) in [7, 11) is 0. The zero-order valence-electron chi connectivity index (χ0n) is 14.0. The maximum absolute atomic E-state index is 6.07. The van der Waals surface area contributed by atoms with Gasteiger partial charge < -0.3 is 9.47 Å². The highest BCUT2D eigenvalue weighted by Gasteiger charge is 2.66. The highest BCUT2D eigenvalue weighted by molar-refractivity contribution is 5.21. The number of fused-ring (bicyclic) bond motifs is 2. The normalized spacial score (nSPS) is 52.6. The van der Waals surface area contributed by atoms with Crippen LogP contribution in [-0.2, 0) is 9.47 Å². The van der Waals surface area contributed by atoms with Crippen molar-refractivity contribution in [3.63, 3.8) is 0 Å². The van der Waals surface area contributed by atoms with E-state index in [1.165, 1.54) is 44.9 Å². The third-order valence-corrected chi connectivity index (χ3v) is 8.73. The molecule has 0 radical (unpaired) electrons. The summed E-state index contributed by atoms with van der Waals surface area (Å²) in [4.78, 5) is 0. The Morgan fingerprint density at radius 1 is 1.00 bits per heavy atom. The van der Waals surface area contributed by atoms with Gasteiger partial charge in [0.05, 0.1) is 13.2 Å². The smallest absolute Gasteiger partial charge is 0.168 e. The summed E-state index contributed by atoms with van der Waals surface area (Å²) < 4.78 is 12.1. The maximum atomic E-state index is 6.07. The second-order valence-corrected chi connectivity index (χ2v) is 9.15. The molecule has 4 aliphatic carbocycles. The quantitative estimate of drug-likeness (QED) is 0.604. The van der Waals surface area contributed by atoms with Crippen LogP contribution in [0.25, 0.3) is 0 Å². The predicted octanol–water partition coefficient (Wildman–Crippen LogP) is 4.69. The molecule has 5 aliphatic rings. The van der Waals surface area contributed by atoms with E-state index in [1.807, 2.05) is 0 Å². The molecule has 5 rings (SSSR count). The molecule has 1 saturated heterocycles. The number of allylic oxidation sites excluding steroid dienone is 1. The van der Waals surface area contributed by atoms with Crippen LogP contribution in [0.2, 0.25) is 0 Å². The van der Waals surface area contributed by atoms with Gasteiger partial charge in [0.1, 0.15) is 0 Å². The summed E-state index contributed by atoms with van der Waals surface area (Å²) in [5.41, 5.74) is 2.70. The molecule has 0 amide bonds. The lowest BCUT2D eigenvalue weighted by Gasteiger charge is -2.62. The number of rotatable bonds is 0. The predicted molar refractivity (Wildman–Crippen MR) is 86.3 cm³/mol. The van der Waals surface area contributed by atoms with Crippen LogP contribution in [0.15, 0.2) is 12.2 Å². The molecule has 2 heteroatoms. The number of hydrogen-bond acceptors (Lipinski definition) is 2. The van der Waals surface area contributed by atoms with Crippen molar-refractivity contribution in [1.29, 1.82) is 0 Å². The van der Waals surface area contributed by atoms with E-state index in [4.69, 9.17) is 9.47 Å². The highest BCUT2D eigenvalue weighted by Crippen LogP contribution is 2.73. The van der Waals surface area contributed by atoms with Crippen molar-refractivity contribution in [2.24, 2.45) is 28.6 Å². The Hall–Kier alpha value is -0.340. The van der Waals surface area contributed by atoms with Crippen LogP contribution in [0.1, 0.15) is 64.7 Å². The Morgan fingerprint density at radius 3 is 2.59 bits per heavy atom. The largest absolute Gasteiger partial charge is 0.348 e. The molecule has 4 saturated carbocycles. The summed E-state index contributed by atoms with van der Waals surface area (Å²) in [5.74, 6) is 2.41. The Kier molecular flexibility index (Phi) is 2.80. The van der Waals surface area contributed by atoms with Gasteiger partial charge in [-0.1, -0.05) is 19.1 Å². The standard InChI is InChI=1S/C20H30O2/c1-14-5-6-19-12-15(14)11-16(19)3-4-17-13-20(21-9-10-22-20)8-7-18(17,19)2/h15-17H,1,3-13H2,2H3/t15-,16-,17-,18+,19+/m1/s1. The van der Waals surface area contributed by atoms with Crippen LogP contribution in [0.5, 0.6) is 0 Å². The van der Waals surface area contributed by atoms with E-state index in [0.717, 1.165) is 43.8 Å². The van der Waals surface area contributed by atoms with Gasteiger partial charge in [0.15, 0.2) is 5.79 Å². The van der Waals surface area contributed by atoms with Crippen LogP contribution in [-0.4, -0.2) is 19.0 Å². The minimum atomic E-state index is -0.204. The van der Waals surface area contributed by atoms with Gasteiger partial charge in [-0.2, -0.15) is 0 Å². The third kappa shape index (κ3) is 1.59. The van der Waals surface area contributed by atoms with E-state index in [9.17, 15) is 0 Å². The zero-order valence-corrected chi connectivity index (χ0v) is 14.0. The highest BCUT2D eigenvalue weighted by atomic mass is 16.7. The molecule has 0 aromatic rings. The minimum Gasteiger partial charge on any atom is -0.348 e. The number of ether oxygens (including phenoxy) is 2. The molecule has 2 bridgehead atoms. The van der Waals surface area contributed by atoms with Crippen molar-refractivity contribution in [2.45, 2.75) is 70.5 Å². The van der Waals surface area contributed by atoms with Gasteiger partial charge in [0.25, 0.3) is 0 Å². The lowest BCUT2D eigenvalue weighted by molar-refractivity contribution is -0.236. The van der Waals surface area contributed by atoms with Crippen LogP contribution < -0.4 is 0 Å². The molecule has 5 atom stereocenters. The second kappa shape index (κ2) is 4.39. The molecule has 5 fully saturated rings. The van der Waals surface area contributed by atoms with Gasteiger partial charge in [-0.05, 0) is 73.5 Å². The van der Waals surface area contributed by atoms with Crippen LogP contribution in [0.4, 0.5) is 0 Å². The molecular formula is C20H30O2. The summed E-state index contributed by atoms with van der Waals surface area (Å²) in [6.07, 6.45) is 12.0. The second-order valence-electron chi connectivity index (χ2n) is 9.15. The molecule has 0 aromatic heterocycles. The van der Waals surface area contributed by atoms with Gasteiger partial charge in [0.2, 0.25) is 0 Å². The molecular weight excluding hydrogens is 272 g/mol. The van der Waals surface area contributed by atoms with E-state index < -0.39 is 0 Å². The van der Waals surface area contributed by atoms with Gasteiger partial charge in [-0.25, -0.2) is 0 Å². The fourth-order valence-electron chi connectivity index (χ4n) is 7.44. The minimum absolute atomic E-state index is 0.204. The lowest BCUT2D eigenvalue weighted by atomic mass is 9.43. The Morgan fingerprint density at radius 2 is 1.77 bits per heavy atom. The lowest BCUT2D eigenvalue weighted by Crippen LogP contribution is -2.57. The first kappa shape index (κ1) is 14.0. The SMILES string of the molecule is C=C1CC[C@]23C[C@H]1C[C@H]2CC[C@@H]1CC2(CC[C@@]13C)OCCO2. The molecule has 2 spiro atoms. The zero-order chi connectivity index (χ0) is 15.0. The molecule has 1 aliphatic heterocycles. The fourth-order valence-corrected chi connectivity index (χ4v) is 7.44. The van der Waals surface area contributed by atoms with Gasteiger partial charge in [-0.15, -0.1) is 0 Å². The Balaban J connectivity index is 1.49. The molecule has 0 unspecified atom stereocenters. The van der Waals surface area contributed by atoms with Crippen molar-refractivity contribution in [2.75, 3.05) is 13.2 Å².